The second kappa shape index (κ2) is 20.1. The van der Waals surface area contributed by atoms with Crippen LogP contribution in [0.15, 0.2) is 69.9 Å². The Hall–Kier alpha value is -2.27. The predicted octanol–water partition coefficient (Wildman–Crippen LogP) is 11.2. The van der Waals surface area contributed by atoms with Gasteiger partial charge in [-0.25, -0.2) is 0 Å². The van der Waals surface area contributed by atoms with Crippen molar-refractivity contribution in [2.45, 2.75) is 199 Å². The van der Waals surface area contributed by atoms with Gasteiger partial charge in [-0.05, 0) is 183 Å². The summed E-state index contributed by atoms with van der Waals surface area (Å²) < 4.78 is 0. The number of fused-ring (bicyclic) bond motifs is 9. The molecule has 0 bridgehead atoms. The predicted molar refractivity (Wildman–Crippen MR) is 266 cm³/mol. The smallest absolute Gasteiger partial charge is 0.550 e. The molecule has 6 nitrogen and oxygen atoms in total. The van der Waals surface area contributed by atoms with Crippen molar-refractivity contribution in [3.63, 3.8) is 0 Å². The Morgan fingerprint density at radius 1 is 0.448 bits per heavy atom. The van der Waals surface area contributed by atoms with Gasteiger partial charge in [0.1, 0.15) is 0 Å². The number of carbonyl (C=O) groups excluding carboxylic acids is 3. The first-order chi connectivity index (χ1) is 30.9. The summed E-state index contributed by atoms with van der Waals surface area (Å²) in [5.74, 6) is 1.61. The molecule has 12 atom stereocenters. The molecular formula is C60H87BiO6. The first kappa shape index (κ1) is 54.1. The van der Waals surface area contributed by atoms with Crippen LogP contribution in [0.3, 0.4) is 0 Å². The van der Waals surface area contributed by atoms with E-state index in [1.54, 1.807) is 16.7 Å². The normalized spacial score (nSPS) is 40.7. The van der Waals surface area contributed by atoms with Gasteiger partial charge in [-0.2, -0.15) is 0 Å². The fraction of sp³-hybridized carbons (Fsp3) is 0.750. The summed E-state index contributed by atoms with van der Waals surface area (Å²) in [6.45, 7) is 26.5. The number of aliphatic carboxylic acids is 3. The van der Waals surface area contributed by atoms with Crippen LogP contribution in [0, 0.1) is 85.8 Å². The fourth-order valence-corrected chi connectivity index (χ4v) is 16.8. The Morgan fingerprint density at radius 3 is 0.896 bits per heavy atom. The van der Waals surface area contributed by atoms with Crippen LogP contribution in [0.25, 0.3) is 0 Å². The second-order valence-corrected chi connectivity index (χ2v) is 25.6. The Bertz CT molecular complexity index is 1870. The summed E-state index contributed by atoms with van der Waals surface area (Å²) in [4.78, 5) is 35.5. The summed E-state index contributed by atoms with van der Waals surface area (Å²) in [5, 5.41) is 35.5. The molecule has 7 heteroatoms. The number of carbonyl (C=O) groups is 3. The van der Waals surface area contributed by atoms with Crippen LogP contribution >= 0.6 is 0 Å². The third-order valence-corrected chi connectivity index (χ3v) is 21.1. The van der Waals surface area contributed by atoms with Crippen molar-refractivity contribution in [3.8, 4) is 0 Å². The van der Waals surface area contributed by atoms with Crippen molar-refractivity contribution in [1.82, 2.24) is 0 Å². The molecule has 0 saturated heterocycles. The van der Waals surface area contributed by atoms with E-state index < -0.39 is 34.2 Å². The van der Waals surface area contributed by atoms with Crippen LogP contribution in [-0.2, 0) is 14.4 Å². The second-order valence-electron chi connectivity index (χ2n) is 25.6. The van der Waals surface area contributed by atoms with Crippen molar-refractivity contribution in [2.24, 2.45) is 85.8 Å². The molecule has 0 unspecified atom stereocenters. The maximum absolute atomic E-state index is 11.8. The Labute approximate surface area is 425 Å². The Kier molecular flexibility index (Phi) is 16.2. The van der Waals surface area contributed by atoms with E-state index in [2.05, 4.69) is 98.8 Å². The maximum Gasteiger partial charge on any atom is 3.00 e. The molecule has 3 fully saturated rings. The van der Waals surface area contributed by atoms with Crippen LogP contribution < -0.4 is 15.3 Å². The molecule has 9 aliphatic carbocycles. The summed E-state index contributed by atoms with van der Waals surface area (Å²) in [6, 6.07) is 0. The van der Waals surface area contributed by atoms with E-state index >= 15 is 0 Å². The number of carboxylic acid groups (broad SMARTS) is 3. The molecule has 9 aliphatic rings. The minimum absolute atomic E-state index is 0. The zero-order valence-electron chi connectivity index (χ0n) is 43.8. The molecule has 0 aliphatic heterocycles. The summed E-state index contributed by atoms with van der Waals surface area (Å²) in [6.07, 6.45) is 32.9. The van der Waals surface area contributed by atoms with Gasteiger partial charge in [0, 0.05) is 34.2 Å². The monoisotopic (exact) mass is 1110 g/mol. The molecule has 9 rings (SSSR count). The SMILES string of the molecule is CC(C)C1=CC2=CC[C@@H]3[C@](C)(CCC[C@@]3(C)C(=O)[O-])[C@H]2CC1.CC(C)C1=CC2=CC[C@@H]3[C@](C)(CCC[C@@]3(C)C(=O)[O-])[C@H]2CC1.CC(C)C1=CC2=CC[C@@H]3[C@](C)(CCC[C@@]3(C)C(=O)[O-])[C@H]2CC1.[Bi+3]. The van der Waals surface area contributed by atoms with Gasteiger partial charge < -0.3 is 29.7 Å². The molecule has 0 heterocycles. The molecule has 0 aromatic rings. The van der Waals surface area contributed by atoms with Gasteiger partial charge in [0.2, 0.25) is 0 Å². The zero-order valence-corrected chi connectivity index (χ0v) is 47.3. The molecule has 0 N–H and O–H groups in total. The molecule has 0 amide bonds. The number of hydrogen-bond acceptors (Lipinski definition) is 6. The fourth-order valence-electron chi connectivity index (χ4n) is 16.8. The molecule has 67 heavy (non-hydrogen) atoms. The van der Waals surface area contributed by atoms with Crippen molar-refractivity contribution >= 4 is 44.1 Å². The van der Waals surface area contributed by atoms with Gasteiger partial charge >= 0.3 is 26.2 Å². The number of hydrogen-bond donors (Lipinski definition) is 0. The summed E-state index contributed by atoms with van der Waals surface area (Å²) in [7, 11) is 0. The van der Waals surface area contributed by atoms with E-state index in [-0.39, 0.29) is 60.2 Å². The Morgan fingerprint density at radius 2 is 0.687 bits per heavy atom. The van der Waals surface area contributed by atoms with Crippen LogP contribution in [0.1, 0.15) is 199 Å². The van der Waals surface area contributed by atoms with Crippen molar-refractivity contribution in [2.75, 3.05) is 0 Å². The first-order valence-corrected chi connectivity index (χ1v) is 26.7. The minimum atomic E-state index is -0.838. The minimum Gasteiger partial charge on any atom is -0.550 e. The van der Waals surface area contributed by atoms with Gasteiger partial charge in [-0.15, -0.1) is 0 Å². The molecule has 0 aromatic heterocycles. The molecule has 2 radical (unpaired) electrons. The summed E-state index contributed by atoms with van der Waals surface area (Å²) in [5.41, 5.74) is 7.52. The van der Waals surface area contributed by atoms with Gasteiger partial charge in [-0.1, -0.05) is 156 Å². The Balaban J connectivity index is 0.000000165. The van der Waals surface area contributed by atoms with Crippen LogP contribution in [0.4, 0.5) is 0 Å². The standard InChI is InChI=1S/3C20H30O2.Bi/c3*1-13(2)14-6-8-16-15(12-14)7-9-17-19(16,3)10-5-11-20(17,4)18(21)22;/h3*7,12-13,16-17H,5-6,8-11H2,1-4H3,(H,21,22);/q;;;+3/p-3/t3*16-,17+,19+,20+;/m000./s1. The number of allylic oxidation sites excluding steroid dienone is 12. The molecule has 0 aromatic carbocycles. The van der Waals surface area contributed by atoms with Crippen molar-refractivity contribution in [1.29, 1.82) is 0 Å². The number of carboxylic acids is 3. The maximum atomic E-state index is 11.8. The van der Waals surface area contributed by atoms with E-state index in [1.165, 1.54) is 55.2 Å². The molecule has 368 valence electrons. The molecular weight excluding hydrogens is 1030 g/mol. The van der Waals surface area contributed by atoms with Crippen LogP contribution in [0.5, 0.6) is 0 Å². The van der Waals surface area contributed by atoms with E-state index in [9.17, 15) is 29.7 Å². The van der Waals surface area contributed by atoms with E-state index in [4.69, 9.17) is 0 Å². The van der Waals surface area contributed by atoms with Gasteiger partial charge in [-0.3, -0.25) is 0 Å². The molecule has 0 spiro atoms. The van der Waals surface area contributed by atoms with Gasteiger partial charge in [0.25, 0.3) is 0 Å². The largest absolute Gasteiger partial charge is 3.00 e. The van der Waals surface area contributed by atoms with Crippen molar-refractivity contribution < 1.29 is 29.7 Å². The first-order valence-electron chi connectivity index (χ1n) is 26.7. The zero-order chi connectivity index (χ0) is 48.4. The van der Waals surface area contributed by atoms with Crippen LogP contribution in [-0.4, -0.2) is 44.1 Å². The third kappa shape index (κ3) is 9.52. The van der Waals surface area contributed by atoms with Gasteiger partial charge in [0.15, 0.2) is 0 Å². The topological polar surface area (TPSA) is 120 Å². The average molecular weight is 1110 g/mol. The van der Waals surface area contributed by atoms with E-state index in [1.807, 2.05) is 20.8 Å². The van der Waals surface area contributed by atoms with Crippen molar-refractivity contribution in [3.05, 3.63) is 69.9 Å². The average Bonchev–Trinajstić information content (AvgIpc) is 3.26. The third-order valence-electron chi connectivity index (χ3n) is 21.1. The summed E-state index contributed by atoms with van der Waals surface area (Å²) >= 11 is 0. The van der Waals surface area contributed by atoms with Crippen LogP contribution in [0.2, 0.25) is 0 Å². The quantitative estimate of drug-likeness (QED) is 0.244. The van der Waals surface area contributed by atoms with Gasteiger partial charge in [0.05, 0.1) is 0 Å². The van der Waals surface area contributed by atoms with E-state index in [0.29, 0.717) is 35.5 Å². The number of rotatable bonds is 6. The molecule has 3 saturated carbocycles. The van der Waals surface area contributed by atoms with E-state index in [0.717, 1.165) is 77.0 Å².